The predicted molar refractivity (Wildman–Crippen MR) is 89.6 cm³/mol. The molecule has 0 bridgehead atoms. The second-order valence-corrected chi connectivity index (χ2v) is 6.98. The Bertz CT molecular complexity index is 675. The summed E-state index contributed by atoms with van der Waals surface area (Å²) in [5, 5.41) is 14.9. The summed E-state index contributed by atoms with van der Waals surface area (Å²) >= 11 is 0. The number of pyridine rings is 1. The van der Waals surface area contributed by atoms with Gasteiger partial charge in [-0.3, -0.25) is 9.58 Å². The van der Waals surface area contributed by atoms with Crippen molar-refractivity contribution in [2.45, 2.75) is 31.5 Å². The number of aliphatic hydroxyl groups is 1. The number of hydrogen-bond acceptors (Lipinski definition) is 5. The summed E-state index contributed by atoms with van der Waals surface area (Å²) < 4.78 is 7.29. The van der Waals surface area contributed by atoms with Gasteiger partial charge in [-0.15, -0.1) is 0 Å². The molecule has 2 aliphatic rings. The summed E-state index contributed by atoms with van der Waals surface area (Å²) in [4.78, 5) is 6.75. The number of hydrogen-bond donors (Lipinski definition) is 1. The fraction of sp³-hybridized carbons (Fsp3) is 0.556. The molecule has 1 N–H and O–H groups in total. The van der Waals surface area contributed by atoms with E-state index in [1.807, 2.05) is 23.0 Å². The average Bonchev–Trinajstić information content (AvgIpc) is 3.23. The number of nitrogens with zero attached hydrogens (tertiary/aromatic N) is 4. The summed E-state index contributed by atoms with van der Waals surface area (Å²) in [5.74, 6) is 1.89. The van der Waals surface area contributed by atoms with Crippen molar-refractivity contribution in [3.05, 3.63) is 42.4 Å². The van der Waals surface area contributed by atoms with Crippen LogP contribution in [0.1, 0.15) is 24.4 Å². The maximum Gasteiger partial charge on any atom is 0.217 e. The molecule has 0 radical (unpaired) electrons. The Kier molecular flexibility index (Phi) is 4.24. The Morgan fingerprint density at radius 1 is 1.21 bits per heavy atom. The lowest BCUT2D eigenvalue weighted by atomic mass is 9.77. The van der Waals surface area contributed by atoms with E-state index in [0.717, 1.165) is 38.0 Å². The van der Waals surface area contributed by atoms with Crippen LogP contribution < -0.4 is 4.74 Å². The van der Waals surface area contributed by atoms with Crippen molar-refractivity contribution in [2.24, 2.45) is 11.8 Å². The number of aromatic nitrogens is 3. The van der Waals surface area contributed by atoms with Gasteiger partial charge in [0.15, 0.2) is 0 Å². The third kappa shape index (κ3) is 2.91. The molecule has 6 heteroatoms. The van der Waals surface area contributed by atoms with Gasteiger partial charge in [0.1, 0.15) is 0 Å². The Morgan fingerprint density at radius 2 is 2.04 bits per heavy atom. The monoisotopic (exact) mass is 328 g/mol. The molecule has 0 unspecified atom stereocenters. The van der Waals surface area contributed by atoms with Gasteiger partial charge in [-0.05, 0) is 36.8 Å². The van der Waals surface area contributed by atoms with E-state index in [-0.39, 0.29) is 12.1 Å². The minimum Gasteiger partial charge on any atom is -0.481 e. The fourth-order valence-corrected chi connectivity index (χ4v) is 4.36. The molecule has 2 aromatic heterocycles. The third-order valence-electron chi connectivity index (χ3n) is 5.49. The maximum absolute atomic E-state index is 10.5. The van der Waals surface area contributed by atoms with E-state index in [1.54, 1.807) is 19.5 Å². The van der Waals surface area contributed by atoms with Crippen LogP contribution in [0, 0.1) is 11.8 Å². The largest absolute Gasteiger partial charge is 0.481 e. The number of fused-ring (bicyclic) bond motifs is 1. The van der Waals surface area contributed by atoms with Gasteiger partial charge in [0.05, 0.1) is 19.3 Å². The molecular weight excluding hydrogens is 304 g/mol. The number of ether oxygens (including phenoxy) is 1. The zero-order chi connectivity index (χ0) is 16.5. The molecular formula is C18H24N4O2. The SMILES string of the molecule is COc1ncccc1CN1C[C@H]2C[C@H](O)[C@@H](n3cccn3)C[C@H]2C1. The minimum absolute atomic E-state index is 0.106. The van der Waals surface area contributed by atoms with Gasteiger partial charge in [0, 0.05) is 43.8 Å². The van der Waals surface area contributed by atoms with E-state index in [2.05, 4.69) is 21.0 Å². The second kappa shape index (κ2) is 6.53. The summed E-state index contributed by atoms with van der Waals surface area (Å²) in [7, 11) is 1.67. The zero-order valence-corrected chi connectivity index (χ0v) is 14.0. The normalized spacial score (nSPS) is 30.2. The third-order valence-corrected chi connectivity index (χ3v) is 5.49. The highest BCUT2D eigenvalue weighted by molar-refractivity contribution is 5.25. The molecule has 0 amide bonds. The second-order valence-electron chi connectivity index (χ2n) is 6.98. The Hall–Kier alpha value is -1.92. The van der Waals surface area contributed by atoms with Gasteiger partial charge >= 0.3 is 0 Å². The van der Waals surface area contributed by atoms with Crippen molar-refractivity contribution in [3.63, 3.8) is 0 Å². The fourth-order valence-electron chi connectivity index (χ4n) is 4.36. The Morgan fingerprint density at radius 3 is 2.79 bits per heavy atom. The number of rotatable bonds is 4. The van der Waals surface area contributed by atoms with E-state index in [0.29, 0.717) is 17.7 Å². The van der Waals surface area contributed by atoms with Gasteiger partial charge in [-0.1, -0.05) is 6.07 Å². The molecule has 1 aliphatic carbocycles. The molecule has 2 aromatic rings. The average molecular weight is 328 g/mol. The van der Waals surface area contributed by atoms with Crippen LogP contribution in [0.15, 0.2) is 36.8 Å². The Labute approximate surface area is 142 Å². The number of likely N-dealkylation sites (tertiary alicyclic amines) is 1. The first kappa shape index (κ1) is 15.6. The molecule has 4 rings (SSSR count). The summed E-state index contributed by atoms with van der Waals surface area (Å²) in [6.45, 7) is 2.95. The molecule has 2 fully saturated rings. The maximum atomic E-state index is 10.5. The van der Waals surface area contributed by atoms with E-state index in [1.165, 1.54) is 0 Å². The van der Waals surface area contributed by atoms with Crippen LogP contribution in [0.4, 0.5) is 0 Å². The van der Waals surface area contributed by atoms with E-state index in [4.69, 9.17) is 4.74 Å². The first-order valence-corrected chi connectivity index (χ1v) is 8.62. The van der Waals surface area contributed by atoms with Crippen molar-refractivity contribution in [2.75, 3.05) is 20.2 Å². The molecule has 4 atom stereocenters. The van der Waals surface area contributed by atoms with Gasteiger partial charge in [-0.25, -0.2) is 4.98 Å². The molecule has 3 heterocycles. The zero-order valence-electron chi connectivity index (χ0n) is 14.0. The summed E-state index contributed by atoms with van der Waals surface area (Å²) in [6, 6.07) is 6.07. The van der Waals surface area contributed by atoms with E-state index >= 15 is 0 Å². The van der Waals surface area contributed by atoms with Crippen LogP contribution in [-0.2, 0) is 6.54 Å². The lowest BCUT2D eigenvalue weighted by Gasteiger charge is -2.35. The van der Waals surface area contributed by atoms with Gasteiger partial charge in [-0.2, -0.15) is 5.10 Å². The highest BCUT2D eigenvalue weighted by Gasteiger charge is 2.42. The van der Waals surface area contributed by atoms with Gasteiger partial charge in [0.2, 0.25) is 5.88 Å². The first-order chi connectivity index (χ1) is 11.7. The van der Waals surface area contributed by atoms with Crippen LogP contribution in [0.3, 0.4) is 0 Å². The lowest BCUT2D eigenvalue weighted by Crippen LogP contribution is -2.36. The van der Waals surface area contributed by atoms with Crippen LogP contribution in [0.5, 0.6) is 5.88 Å². The van der Waals surface area contributed by atoms with Crippen LogP contribution in [0.2, 0.25) is 0 Å². The summed E-state index contributed by atoms with van der Waals surface area (Å²) in [5.41, 5.74) is 1.13. The van der Waals surface area contributed by atoms with Crippen LogP contribution in [0.25, 0.3) is 0 Å². The van der Waals surface area contributed by atoms with E-state index < -0.39 is 0 Å². The van der Waals surface area contributed by atoms with Crippen molar-refractivity contribution >= 4 is 0 Å². The molecule has 128 valence electrons. The topological polar surface area (TPSA) is 63.4 Å². The Balaban J connectivity index is 1.44. The van der Waals surface area contributed by atoms with Gasteiger partial charge < -0.3 is 9.84 Å². The lowest BCUT2D eigenvalue weighted by molar-refractivity contribution is 0.0306. The predicted octanol–water partition coefficient (Wildman–Crippen LogP) is 1.73. The van der Waals surface area contributed by atoms with Crippen molar-refractivity contribution in [1.82, 2.24) is 19.7 Å². The molecule has 1 aliphatic heterocycles. The molecule has 1 saturated heterocycles. The molecule has 6 nitrogen and oxygen atoms in total. The van der Waals surface area contributed by atoms with E-state index in [9.17, 15) is 5.11 Å². The molecule has 0 spiro atoms. The van der Waals surface area contributed by atoms with Crippen molar-refractivity contribution < 1.29 is 9.84 Å². The van der Waals surface area contributed by atoms with Crippen LogP contribution >= 0.6 is 0 Å². The quantitative estimate of drug-likeness (QED) is 0.926. The molecule has 1 saturated carbocycles. The molecule has 0 aromatic carbocycles. The molecule has 24 heavy (non-hydrogen) atoms. The first-order valence-electron chi connectivity index (χ1n) is 8.62. The highest BCUT2D eigenvalue weighted by Crippen LogP contribution is 2.41. The number of methoxy groups -OCH3 is 1. The number of aliphatic hydroxyl groups excluding tert-OH is 1. The van der Waals surface area contributed by atoms with Crippen molar-refractivity contribution in [1.29, 1.82) is 0 Å². The van der Waals surface area contributed by atoms with Gasteiger partial charge in [0.25, 0.3) is 0 Å². The summed E-state index contributed by atoms with van der Waals surface area (Å²) in [6.07, 6.45) is 7.05. The smallest absolute Gasteiger partial charge is 0.217 e. The van der Waals surface area contributed by atoms with Crippen LogP contribution in [-0.4, -0.2) is 51.1 Å². The standard InChI is InChI=1S/C18H24N4O2/c1-24-18-13(4-2-5-19-18)10-21-11-14-8-16(22-7-3-6-20-22)17(23)9-15(14)12-21/h2-7,14-17,23H,8-12H2,1H3/t14-,15+,16-,17-/m0/s1. The minimum atomic E-state index is -0.306. The highest BCUT2D eigenvalue weighted by atomic mass is 16.5. The van der Waals surface area contributed by atoms with Crippen molar-refractivity contribution in [3.8, 4) is 5.88 Å².